The van der Waals surface area contributed by atoms with Gasteiger partial charge in [-0.1, -0.05) is 0 Å². The fourth-order valence-corrected chi connectivity index (χ4v) is 1.65. The van der Waals surface area contributed by atoms with Gasteiger partial charge in [0.2, 0.25) is 5.91 Å². The Morgan fingerprint density at radius 2 is 2.20 bits per heavy atom. The molecule has 0 aromatic rings. The van der Waals surface area contributed by atoms with Crippen molar-refractivity contribution in [3.05, 3.63) is 0 Å². The van der Waals surface area contributed by atoms with Gasteiger partial charge in [-0.3, -0.25) is 4.79 Å². The Bertz CT molecular complexity index is 244. The molecular weight excluding hydrogens is 200 g/mol. The first kappa shape index (κ1) is 11.9. The molecule has 1 fully saturated rings. The third-order valence-corrected chi connectivity index (χ3v) is 2.40. The number of amides is 1. The summed E-state index contributed by atoms with van der Waals surface area (Å²) < 4.78 is 9.42. The normalized spacial score (nSPS) is 21.2. The Morgan fingerprint density at radius 3 is 2.80 bits per heavy atom. The Hall–Kier alpha value is -1.14. The quantitative estimate of drug-likeness (QED) is 0.534. The highest BCUT2D eigenvalue weighted by Crippen LogP contribution is 2.03. The molecule has 15 heavy (non-hydrogen) atoms. The molecule has 1 heterocycles. The molecule has 0 aromatic heterocycles. The molecule has 6 nitrogen and oxygen atoms in total. The number of rotatable bonds is 3. The lowest BCUT2D eigenvalue weighted by Crippen LogP contribution is -2.92. The van der Waals surface area contributed by atoms with Crippen LogP contribution in [0.4, 0.5) is 0 Å². The number of piperazine rings is 1. The second-order valence-corrected chi connectivity index (χ2v) is 3.37. The van der Waals surface area contributed by atoms with Gasteiger partial charge in [0.1, 0.15) is 13.2 Å². The summed E-state index contributed by atoms with van der Waals surface area (Å²) in [6, 6.07) is -0.480. The first-order chi connectivity index (χ1) is 7.20. The number of esters is 1. The molecule has 1 amide bonds. The lowest BCUT2D eigenvalue weighted by Gasteiger charge is -2.31. The maximum absolute atomic E-state index is 11.6. The smallest absolute Gasteiger partial charge is 0.334 e. The molecule has 1 saturated heterocycles. The number of hydrogen-bond acceptors (Lipinski definition) is 4. The van der Waals surface area contributed by atoms with E-state index in [1.54, 1.807) is 0 Å². The van der Waals surface area contributed by atoms with Gasteiger partial charge in [0.05, 0.1) is 20.2 Å². The van der Waals surface area contributed by atoms with Crippen molar-refractivity contribution in [2.45, 2.75) is 6.04 Å². The number of quaternary nitrogens is 1. The van der Waals surface area contributed by atoms with E-state index in [0.29, 0.717) is 13.1 Å². The van der Waals surface area contributed by atoms with Crippen LogP contribution in [0.25, 0.3) is 0 Å². The summed E-state index contributed by atoms with van der Waals surface area (Å²) in [6.45, 7) is 1.93. The third-order valence-electron chi connectivity index (χ3n) is 2.40. The molecule has 0 unspecified atom stereocenters. The monoisotopic (exact) mass is 217 g/mol. The Kier molecular flexibility index (Phi) is 4.51. The van der Waals surface area contributed by atoms with E-state index >= 15 is 0 Å². The first-order valence-electron chi connectivity index (χ1n) is 4.88. The molecule has 0 radical (unpaired) electrons. The second kappa shape index (κ2) is 5.67. The van der Waals surface area contributed by atoms with Crippen molar-refractivity contribution in [3.8, 4) is 0 Å². The van der Waals surface area contributed by atoms with Gasteiger partial charge in [-0.15, -0.1) is 0 Å². The average molecular weight is 217 g/mol. The van der Waals surface area contributed by atoms with Gasteiger partial charge >= 0.3 is 5.97 Å². The van der Waals surface area contributed by atoms with Crippen LogP contribution in [0, 0.1) is 0 Å². The number of methoxy groups -OCH3 is 2. The molecule has 1 atom stereocenters. The van der Waals surface area contributed by atoms with Crippen LogP contribution in [0.15, 0.2) is 0 Å². The van der Waals surface area contributed by atoms with Crippen molar-refractivity contribution in [1.82, 2.24) is 4.90 Å². The van der Waals surface area contributed by atoms with Gasteiger partial charge in [-0.05, 0) is 0 Å². The van der Waals surface area contributed by atoms with Crippen LogP contribution in [0.5, 0.6) is 0 Å². The van der Waals surface area contributed by atoms with E-state index in [-0.39, 0.29) is 18.5 Å². The van der Waals surface area contributed by atoms with Gasteiger partial charge < -0.3 is 19.7 Å². The van der Waals surface area contributed by atoms with Crippen molar-refractivity contribution >= 4 is 11.9 Å². The minimum absolute atomic E-state index is 0.00743. The van der Waals surface area contributed by atoms with Gasteiger partial charge in [0, 0.05) is 7.11 Å². The Labute approximate surface area is 88.5 Å². The summed E-state index contributed by atoms with van der Waals surface area (Å²) in [5.74, 6) is -0.531. The van der Waals surface area contributed by atoms with Crippen LogP contribution < -0.4 is 5.32 Å². The standard InChI is InChI=1S/C9H16N2O4/c1-14-6-8(12)11-4-3-10-5-7(11)9(13)15-2/h7,10H,3-6H2,1-2H3/p+1/t7-/m0/s1. The van der Waals surface area contributed by atoms with Gasteiger partial charge in [-0.2, -0.15) is 0 Å². The highest BCUT2D eigenvalue weighted by molar-refractivity contribution is 5.85. The molecular formula is C9H17N2O4+. The molecule has 0 spiro atoms. The van der Waals surface area contributed by atoms with Crippen LogP contribution >= 0.6 is 0 Å². The fourth-order valence-electron chi connectivity index (χ4n) is 1.65. The van der Waals surface area contributed by atoms with E-state index in [4.69, 9.17) is 4.74 Å². The molecule has 2 N–H and O–H groups in total. The number of ether oxygens (including phenoxy) is 2. The SMILES string of the molecule is COCC(=O)N1CC[NH2+]C[C@H]1C(=O)OC. The number of nitrogens with two attached hydrogens (primary N) is 1. The van der Waals surface area contributed by atoms with Gasteiger partial charge in [0.15, 0.2) is 6.04 Å². The summed E-state index contributed by atoms with van der Waals surface area (Å²) in [4.78, 5) is 24.5. The van der Waals surface area contributed by atoms with Crippen LogP contribution in [0.1, 0.15) is 0 Å². The van der Waals surface area contributed by atoms with Crippen molar-refractivity contribution in [3.63, 3.8) is 0 Å². The topological polar surface area (TPSA) is 72.5 Å². The van der Waals surface area contributed by atoms with Crippen molar-refractivity contribution in [2.24, 2.45) is 0 Å². The number of carbonyl (C=O) groups excluding carboxylic acids is 2. The Balaban J connectivity index is 2.65. The lowest BCUT2D eigenvalue weighted by atomic mass is 10.2. The van der Waals surface area contributed by atoms with Gasteiger partial charge in [-0.25, -0.2) is 4.79 Å². The van der Waals surface area contributed by atoms with E-state index in [1.807, 2.05) is 5.32 Å². The highest BCUT2D eigenvalue weighted by atomic mass is 16.5. The van der Waals surface area contributed by atoms with E-state index < -0.39 is 6.04 Å². The zero-order valence-corrected chi connectivity index (χ0v) is 9.06. The van der Waals surface area contributed by atoms with Crippen LogP contribution in [0.3, 0.4) is 0 Å². The molecule has 6 heteroatoms. The van der Waals surface area contributed by atoms with E-state index in [2.05, 4.69) is 4.74 Å². The molecule has 86 valence electrons. The summed E-state index contributed by atoms with van der Waals surface area (Å²) >= 11 is 0. The van der Waals surface area contributed by atoms with Crippen LogP contribution in [-0.4, -0.2) is 63.3 Å². The van der Waals surface area contributed by atoms with E-state index in [9.17, 15) is 9.59 Å². The molecule has 1 aliphatic rings. The predicted molar refractivity (Wildman–Crippen MR) is 51.1 cm³/mol. The number of nitrogens with zero attached hydrogens (tertiary/aromatic N) is 1. The summed E-state index contributed by atoms with van der Waals surface area (Å²) in [7, 11) is 2.79. The Morgan fingerprint density at radius 1 is 1.47 bits per heavy atom. The van der Waals surface area contributed by atoms with Crippen LogP contribution in [0.2, 0.25) is 0 Å². The third kappa shape index (κ3) is 2.90. The zero-order chi connectivity index (χ0) is 11.3. The predicted octanol–water partition coefficient (Wildman–Crippen LogP) is -2.42. The highest BCUT2D eigenvalue weighted by Gasteiger charge is 2.34. The number of carbonyl (C=O) groups is 2. The first-order valence-corrected chi connectivity index (χ1v) is 4.88. The molecule has 1 rings (SSSR count). The van der Waals surface area contributed by atoms with Crippen molar-refractivity contribution in [1.29, 1.82) is 0 Å². The minimum atomic E-state index is -0.480. The number of hydrogen-bond donors (Lipinski definition) is 1. The van der Waals surface area contributed by atoms with Gasteiger partial charge in [0.25, 0.3) is 0 Å². The maximum Gasteiger partial charge on any atom is 0.334 e. The molecule has 0 saturated carbocycles. The summed E-state index contributed by atoms with van der Waals surface area (Å²) in [5.41, 5.74) is 0. The van der Waals surface area contributed by atoms with E-state index in [1.165, 1.54) is 19.1 Å². The molecule has 0 aromatic carbocycles. The zero-order valence-electron chi connectivity index (χ0n) is 9.06. The fraction of sp³-hybridized carbons (Fsp3) is 0.778. The second-order valence-electron chi connectivity index (χ2n) is 3.37. The van der Waals surface area contributed by atoms with Crippen molar-refractivity contribution < 1.29 is 24.4 Å². The molecule has 0 aliphatic carbocycles. The maximum atomic E-state index is 11.6. The van der Waals surface area contributed by atoms with E-state index in [0.717, 1.165) is 6.54 Å². The largest absolute Gasteiger partial charge is 0.467 e. The lowest BCUT2D eigenvalue weighted by molar-refractivity contribution is -0.665. The summed E-state index contributed by atoms with van der Waals surface area (Å²) in [5, 5.41) is 2.00. The van der Waals surface area contributed by atoms with Crippen LogP contribution in [-0.2, 0) is 19.1 Å². The molecule has 1 aliphatic heterocycles. The molecule has 0 bridgehead atoms. The average Bonchev–Trinajstić information content (AvgIpc) is 2.28. The summed E-state index contributed by atoms with van der Waals surface area (Å²) in [6.07, 6.45) is 0. The minimum Gasteiger partial charge on any atom is -0.467 e. The van der Waals surface area contributed by atoms with Crippen molar-refractivity contribution in [2.75, 3.05) is 40.5 Å².